The molecule has 0 saturated carbocycles. The zero-order chi connectivity index (χ0) is 14.5. The number of phenols is 1. The molecule has 0 aliphatic carbocycles. The molecule has 0 aliphatic heterocycles. The zero-order valence-electron chi connectivity index (χ0n) is 11.0. The highest BCUT2D eigenvalue weighted by Crippen LogP contribution is 2.21. The number of phenolic OH excluding ortho intramolecular Hbond substituents is 1. The smallest absolute Gasteiger partial charge is 0.340 e. The third kappa shape index (κ3) is 3.20. The molecule has 0 saturated heterocycles. The molecule has 104 valence electrons. The summed E-state index contributed by atoms with van der Waals surface area (Å²) in [6.45, 7) is 0.0594. The van der Waals surface area contributed by atoms with Gasteiger partial charge >= 0.3 is 5.97 Å². The number of hydrogen-bond acceptors (Lipinski definition) is 5. The molecule has 2 rings (SSSR count). The van der Waals surface area contributed by atoms with Gasteiger partial charge in [-0.1, -0.05) is 12.1 Å². The summed E-state index contributed by atoms with van der Waals surface area (Å²) in [5.74, 6) is 0.118. The van der Waals surface area contributed by atoms with Crippen LogP contribution in [0.25, 0.3) is 0 Å². The number of ether oxygens (including phenoxy) is 2. The van der Waals surface area contributed by atoms with Crippen LogP contribution in [0.5, 0.6) is 11.5 Å². The van der Waals surface area contributed by atoms with Crippen molar-refractivity contribution in [2.75, 3.05) is 12.8 Å². The summed E-state index contributed by atoms with van der Waals surface area (Å²) in [5, 5.41) is 9.33. The molecule has 0 aliphatic rings. The van der Waals surface area contributed by atoms with Gasteiger partial charge in [0.2, 0.25) is 0 Å². The van der Waals surface area contributed by atoms with E-state index in [1.165, 1.54) is 19.2 Å². The monoisotopic (exact) mass is 273 g/mol. The van der Waals surface area contributed by atoms with Crippen LogP contribution in [0.2, 0.25) is 0 Å². The standard InChI is InChI=1S/C15H15NO4/c1-19-12-5-6-14(16)13(8-12)15(18)20-9-10-3-2-4-11(17)7-10/h2-8,17H,9,16H2,1H3. The van der Waals surface area contributed by atoms with Crippen molar-refractivity contribution >= 4 is 11.7 Å². The molecule has 0 bridgehead atoms. The van der Waals surface area contributed by atoms with Crippen LogP contribution in [0.1, 0.15) is 15.9 Å². The van der Waals surface area contributed by atoms with E-state index in [2.05, 4.69) is 0 Å². The third-order valence-electron chi connectivity index (χ3n) is 2.76. The van der Waals surface area contributed by atoms with Gasteiger partial charge in [0.05, 0.1) is 12.7 Å². The molecular formula is C15H15NO4. The number of aromatic hydroxyl groups is 1. The Morgan fingerprint density at radius 3 is 2.75 bits per heavy atom. The van der Waals surface area contributed by atoms with Crippen molar-refractivity contribution in [2.45, 2.75) is 6.61 Å². The first-order valence-electron chi connectivity index (χ1n) is 5.98. The van der Waals surface area contributed by atoms with E-state index in [0.29, 0.717) is 17.0 Å². The number of benzene rings is 2. The number of carbonyl (C=O) groups excluding carboxylic acids is 1. The highest BCUT2D eigenvalue weighted by Gasteiger charge is 2.12. The van der Waals surface area contributed by atoms with Crippen molar-refractivity contribution in [1.29, 1.82) is 0 Å². The van der Waals surface area contributed by atoms with Gasteiger partial charge in [0.25, 0.3) is 0 Å². The molecule has 5 heteroatoms. The van der Waals surface area contributed by atoms with E-state index in [-0.39, 0.29) is 17.9 Å². The summed E-state index contributed by atoms with van der Waals surface area (Å²) >= 11 is 0. The van der Waals surface area contributed by atoms with Crippen LogP contribution >= 0.6 is 0 Å². The van der Waals surface area contributed by atoms with Crippen molar-refractivity contribution in [3.63, 3.8) is 0 Å². The number of nitrogens with two attached hydrogens (primary N) is 1. The largest absolute Gasteiger partial charge is 0.508 e. The van der Waals surface area contributed by atoms with Crippen LogP contribution in [0.4, 0.5) is 5.69 Å². The fourth-order valence-electron chi connectivity index (χ4n) is 1.71. The summed E-state index contributed by atoms with van der Waals surface area (Å²) in [6, 6.07) is 11.3. The molecule has 0 unspecified atom stereocenters. The number of esters is 1. The Labute approximate surface area is 116 Å². The topological polar surface area (TPSA) is 81.8 Å². The Bertz CT molecular complexity index is 625. The van der Waals surface area contributed by atoms with Gasteiger partial charge in [-0.2, -0.15) is 0 Å². The van der Waals surface area contributed by atoms with E-state index >= 15 is 0 Å². The summed E-state index contributed by atoms with van der Waals surface area (Å²) in [7, 11) is 1.51. The van der Waals surface area contributed by atoms with Crippen molar-refractivity contribution in [3.8, 4) is 11.5 Å². The van der Waals surface area contributed by atoms with E-state index in [4.69, 9.17) is 15.2 Å². The number of anilines is 1. The van der Waals surface area contributed by atoms with E-state index < -0.39 is 5.97 Å². The third-order valence-corrected chi connectivity index (χ3v) is 2.76. The van der Waals surface area contributed by atoms with Crippen molar-refractivity contribution in [3.05, 3.63) is 53.6 Å². The quantitative estimate of drug-likeness (QED) is 0.660. The minimum absolute atomic E-state index is 0.0594. The molecule has 20 heavy (non-hydrogen) atoms. The van der Waals surface area contributed by atoms with Gasteiger partial charge in [-0.15, -0.1) is 0 Å². The lowest BCUT2D eigenvalue weighted by molar-refractivity contribution is 0.0473. The van der Waals surface area contributed by atoms with Crippen LogP contribution in [0.15, 0.2) is 42.5 Å². The van der Waals surface area contributed by atoms with Crippen molar-refractivity contribution in [2.24, 2.45) is 0 Å². The molecular weight excluding hydrogens is 258 g/mol. The zero-order valence-corrected chi connectivity index (χ0v) is 11.0. The maximum absolute atomic E-state index is 12.0. The molecule has 0 radical (unpaired) electrons. The minimum Gasteiger partial charge on any atom is -0.508 e. The molecule has 2 aromatic rings. The normalized spacial score (nSPS) is 10.1. The van der Waals surface area contributed by atoms with Gasteiger partial charge in [-0.25, -0.2) is 4.79 Å². The Morgan fingerprint density at radius 2 is 2.05 bits per heavy atom. The highest BCUT2D eigenvalue weighted by atomic mass is 16.5. The number of hydrogen-bond donors (Lipinski definition) is 2. The number of carbonyl (C=O) groups is 1. The van der Waals surface area contributed by atoms with E-state index in [1.807, 2.05) is 0 Å². The van der Waals surface area contributed by atoms with Gasteiger partial charge in [-0.05, 0) is 35.9 Å². The lowest BCUT2D eigenvalue weighted by Crippen LogP contribution is -2.08. The van der Waals surface area contributed by atoms with Crippen molar-refractivity contribution in [1.82, 2.24) is 0 Å². The second-order valence-electron chi connectivity index (χ2n) is 4.20. The molecule has 0 heterocycles. The van der Waals surface area contributed by atoms with Crippen LogP contribution in [0, 0.1) is 0 Å². The Kier molecular flexibility index (Phi) is 4.10. The second kappa shape index (κ2) is 5.97. The minimum atomic E-state index is -0.537. The van der Waals surface area contributed by atoms with Crippen molar-refractivity contribution < 1.29 is 19.4 Å². The number of nitrogen functional groups attached to an aromatic ring is 1. The summed E-state index contributed by atoms with van der Waals surface area (Å²) in [5.41, 5.74) is 7.02. The second-order valence-corrected chi connectivity index (χ2v) is 4.20. The first kappa shape index (κ1) is 13.7. The van der Waals surface area contributed by atoms with E-state index in [1.54, 1.807) is 30.3 Å². The summed E-state index contributed by atoms with van der Waals surface area (Å²) in [6.07, 6.45) is 0. The predicted octanol–water partition coefficient (Wildman–Crippen LogP) is 2.34. The summed E-state index contributed by atoms with van der Waals surface area (Å²) < 4.78 is 10.2. The predicted molar refractivity (Wildman–Crippen MR) is 74.6 cm³/mol. The highest BCUT2D eigenvalue weighted by molar-refractivity contribution is 5.95. The molecule has 0 spiro atoms. The molecule has 5 nitrogen and oxygen atoms in total. The average Bonchev–Trinajstić information content (AvgIpc) is 2.45. The Balaban J connectivity index is 2.08. The molecule has 0 aromatic heterocycles. The van der Waals surface area contributed by atoms with Crippen LogP contribution < -0.4 is 10.5 Å². The van der Waals surface area contributed by atoms with Gasteiger partial charge in [0.1, 0.15) is 18.1 Å². The fourth-order valence-corrected chi connectivity index (χ4v) is 1.71. The first-order valence-corrected chi connectivity index (χ1v) is 5.98. The van der Waals surface area contributed by atoms with E-state index in [9.17, 15) is 9.90 Å². The maximum atomic E-state index is 12.0. The first-order chi connectivity index (χ1) is 9.60. The Morgan fingerprint density at radius 1 is 1.25 bits per heavy atom. The molecule has 0 amide bonds. The van der Waals surface area contributed by atoms with Crippen LogP contribution in [-0.2, 0) is 11.3 Å². The van der Waals surface area contributed by atoms with Crippen LogP contribution in [0.3, 0.4) is 0 Å². The molecule has 0 atom stereocenters. The molecule has 3 N–H and O–H groups in total. The number of methoxy groups -OCH3 is 1. The fraction of sp³-hybridized carbons (Fsp3) is 0.133. The van der Waals surface area contributed by atoms with Crippen LogP contribution in [-0.4, -0.2) is 18.2 Å². The summed E-state index contributed by atoms with van der Waals surface area (Å²) in [4.78, 5) is 12.0. The Hall–Kier alpha value is -2.69. The maximum Gasteiger partial charge on any atom is 0.340 e. The lowest BCUT2D eigenvalue weighted by Gasteiger charge is -2.09. The SMILES string of the molecule is COc1ccc(N)c(C(=O)OCc2cccc(O)c2)c1. The molecule has 2 aromatic carbocycles. The van der Waals surface area contributed by atoms with E-state index in [0.717, 1.165) is 0 Å². The van der Waals surface area contributed by atoms with Gasteiger partial charge in [-0.3, -0.25) is 0 Å². The average molecular weight is 273 g/mol. The van der Waals surface area contributed by atoms with Gasteiger partial charge in [0.15, 0.2) is 0 Å². The van der Waals surface area contributed by atoms with Gasteiger partial charge < -0.3 is 20.3 Å². The lowest BCUT2D eigenvalue weighted by atomic mass is 10.1. The molecule has 0 fully saturated rings. The number of rotatable bonds is 4. The van der Waals surface area contributed by atoms with Gasteiger partial charge in [0, 0.05) is 5.69 Å².